The minimum absolute atomic E-state index is 0.0775. The van der Waals surface area contributed by atoms with Crippen LogP contribution >= 0.6 is 0 Å². The minimum atomic E-state index is -0.197. The molecule has 6 nitrogen and oxygen atoms in total. The lowest BCUT2D eigenvalue weighted by atomic mass is 10.1. The van der Waals surface area contributed by atoms with Gasteiger partial charge in [0.1, 0.15) is 5.69 Å². The number of carbonyl (C=O) groups is 2. The van der Waals surface area contributed by atoms with Crippen molar-refractivity contribution in [3.63, 3.8) is 0 Å². The molecule has 2 amide bonds. The molecule has 26 heavy (non-hydrogen) atoms. The van der Waals surface area contributed by atoms with Crippen molar-refractivity contribution in [1.29, 1.82) is 0 Å². The van der Waals surface area contributed by atoms with Crippen LogP contribution in [-0.2, 0) is 4.79 Å². The van der Waals surface area contributed by atoms with Gasteiger partial charge in [-0.3, -0.25) is 9.59 Å². The maximum atomic E-state index is 12.7. The van der Waals surface area contributed by atoms with Crippen molar-refractivity contribution >= 4 is 22.7 Å². The lowest BCUT2D eigenvalue weighted by Crippen LogP contribution is -2.35. The smallest absolute Gasteiger partial charge is 0.252 e. The first-order valence-electron chi connectivity index (χ1n) is 8.72. The zero-order valence-electron chi connectivity index (χ0n) is 14.2. The van der Waals surface area contributed by atoms with Crippen LogP contribution in [0.4, 0.5) is 0 Å². The molecule has 0 spiro atoms. The number of pyridine rings is 1. The van der Waals surface area contributed by atoms with E-state index < -0.39 is 0 Å². The SMILES string of the molecule is O=C(NCCNC(=O)C1CC1)c1cc(-c2ccco2)nc2ccccc12. The van der Waals surface area contributed by atoms with Crippen LogP contribution < -0.4 is 10.6 Å². The quantitative estimate of drug-likeness (QED) is 0.670. The number of aromatic nitrogens is 1. The second kappa shape index (κ2) is 7.00. The Morgan fingerprint density at radius 2 is 1.88 bits per heavy atom. The first-order valence-corrected chi connectivity index (χ1v) is 8.72. The summed E-state index contributed by atoms with van der Waals surface area (Å²) in [6.45, 7) is 0.805. The molecule has 6 heteroatoms. The van der Waals surface area contributed by atoms with E-state index in [0.29, 0.717) is 30.1 Å². The molecule has 2 aromatic heterocycles. The van der Waals surface area contributed by atoms with Gasteiger partial charge < -0.3 is 15.1 Å². The number of carbonyl (C=O) groups excluding carboxylic acids is 2. The van der Waals surface area contributed by atoms with Crippen molar-refractivity contribution in [3.05, 3.63) is 54.3 Å². The van der Waals surface area contributed by atoms with Crippen molar-refractivity contribution in [2.45, 2.75) is 12.8 Å². The van der Waals surface area contributed by atoms with Crippen molar-refractivity contribution in [2.75, 3.05) is 13.1 Å². The Bertz CT molecular complexity index is 946. The summed E-state index contributed by atoms with van der Waals surface area (Å²) in [6.07, 6.45) is 3.52. The van der Waals surface area contributed by atoms with Crippen molar-refractivity contribution in [1.82, 2.24) is 15.6 Å². The first-order chi connectivity index (χ1) is 12.7. The van der Waals surface area contributed by atoms with Gasteiger partial charge >= 0.3 is 0 Å². The van der Waals surface area contributed by atoms with Crippen LogP contribution in [0.2, 0.25) is 0 Å². The van der Waals surface area contributed by atoms with Crippen LogP contribution in [0.1, 0.15) is 23.2 Å². The number of para-hydroxylation sites is 1. The summed E-state index contributed by atoms with van der Waals surface area (Å²) in [5, 5.41) is 6.49. The summed E-state index contributed by atoms with van der Waals surface area (Å²) in [4.78, 5) is 28.9. The Balaban J connectivity index is 1.52. The molecule has 1 fully saturated rings. The molecule has 0 aliphatic heterocycles. The van der Waals surface area contributed by atoms with Crippen LogP contribution in [-0.4, -0.2) is 29.9 Å². The summed E-state index contributed by atoms with van der Waals surface area (Å²) in [5.74, 6) is 0.665. The zero-order chi connectivity index (χ0) is 17.9. The van der Waals surface area contributed by atoms with E-state index in [-0.39, 0.29) is 17.7 Å². The van der Waals surface area contributed by atoms with E-state index in [2.05, 4.69) is 15.6 Å². The van der Waals surface area contributed by atoms with Gasteiger partial charge in [-0.2, -0.15) is 0 Å². The fraction of sp³-hybridized carbons (Fsp3) is 0.250. The van der Waals surface area contributed by atoms with E-state index in [0.717, 1.165) is 23.7 Å². The zero-order valence-corrected chi connectivity index (χ0v) is 14.2. The summed E-state index contributed by atoms with van der Waals surface area (Å²) in [6, 6.07) is 12.8. The van der Waals surface area contributed by atoms with Gasteiger partial charge in [-0.1, -0.05) is 18.2 Å². The predicted molar refractivity (Wildman–Crippen MR) is 97.5 cm³/mol. The van der Waals surface area contributed by atoms with Crippen molar-refractivity contribution < 1.29 is 14.0 Å². The number of amides is 2. The number of furan rings is 1. The topological polar surface area (TPSA) is 84.2 Å². The third kappa shape index (κ3) is 3.44. The maximum absolute atomic E-state index is 12.7. The highest BCUT2D eigenvalue weighted by atomic mass is 16.3. The maximum Gasteiger partial charge on any atom is 0.252 e. The molecule has 0 radical (unpaired) electrons. The fourth-order valence-electron chi connectivity index (χ4n) is 2.86. The second-order valence-electron chi connectivity index (χ2n) is 6.37. The summed E-state index contributed by atoms with van der Waals surface area (Å²) < 4.78 is 5.41. The molecule has 0 unspecified atom stereocenters. The molecule has 132 valence electrons. The van der Waals surface area contributed by atoms with Crippen LogP contribution in [0.25, 0.3) is 22.4 Å². The van der Waals surface area contributed by atoms with Crippen molar-refractivity contribution in [2.24, 2.45) is 5.92 Å². The third-order valence-electron chi connectivity index (χ3n) is 4.39. The first kappa shape index (κ1) is 16.3. The standard InChI is InChI=1S/C20H19N3O3/c24-19(13-7-8-13)21-9-10-22-20(25)15-12-17(18-6-3-11-26-18)23-16-5-2-1-4-14(15)16/h1-6,11-13H,7-10H2,(H,21,24)(H,22,25). The van der Waals surface area contributed by atoms with E-state index in [1.54, 1.807) is 18.4 Å². The predicted octanol–water partition coefficient (Wildman–Crippen LogP) is 2.75. The Morgan fingerprint density at radius 1 is 1.08 bits per heavy atom. The molecule has 3 aromatic rings. The average molecular weight is 349 g/mol. The summed E-state index contributed by atoms with van der Waals surface area (Å²) >= 11 is 0. The van der Waals surface area contributed by atoms with Gasteiger partial charge in [0.05, 0.1) is 17.3 Å². The van der Waals surface area contributed by atoms with Crippen molar-refractivity contribution in [3.8, 4) is 11.5 Å². The van der Waals surface area contributed by atoms with Crippen LogP contribution in [0.3, 0.4) is 0 Å². The number of benzene rings is 1. The van der Waals surface area contributed by atoms with E-state index in [9.17, 15) is 9.59 Å². The minimum Gasteiger partial charge on any atom is -0.463 e. The largest absolute Gasteiger partial charge is 0.463 e. The van der Waals surface area contributed by atoms with E-state index in [1.807, 2.05) is 30.3 Å². The monoisotopic (exact) mass is 349 g/mol. The molecule has 0 atom stereocenters. The average Bonchev–Trinajstić information content (AvgIpc) is 3.38. The number of hydrogen-bond donors (Lipinski definition) is 2. The number of nitrogens with one attached hydrogen (secondary N) is 2. The van der Waals surface area contributed by atoms with Gasteiger partial charge in [0, 0.05) is 24.4 Å². The molecule has 1 aliphatic carbocycles. The van der Waals surface area contributed by atoms with E-state index >= 15 is 0 Å². The van der Waals surface area contributed by atoms with Crippen LogP contribution in [0.5, 0.6) is 0 Å². The van der Waals surface area contributed by atoms with Gasteiger partial charge in [0.25, 0.3) is 5.91 Å². The second-order valence-corrected chi connectivity index (χ2v) is 6.37. The number of nitrogens with zero attached hydrogens (tertiary/aromatic N) is 1. The van der Waals surface area contributed by atoms with E-state index in [1.165, 1.54) is 0 Å². The lowest BCUT2D eigenvalue weighted by Gasteiger charge is -2.10. The Hall–Kier alpha value is -3.15. The van der Waals surface area contributed by atoms with Gasteiger partial charge in [-0.05, 0) is 37.1 Å². The van der Waals surface area contributed by atoms with Gasteiger partial charge in [0.15, 0.2) is 5.76 Å². The highest BCUT2D eigenvalue weighted by Crippen LogP contribution is 2.28. The van der Waals surface area contributed by atoms with Crippen LogP contribution in [0, 0.1) is 5.92 Å². The molecule has 4 rings (SSSR count). The third-order valence-corrected chi connectivity index (χ3v) is 4.39. The molecule has 2 heterocycles. The molecular formula is C20H19N3O3. The molecular weight excluding hydrogens is 330 g/mol. The molecule has 0 saturated heterocycles. The van der Waals surface area contributed by atoms with Crippen LogP contribution in [0.15, 0.2) is 53.1 Å². The Morgan fingerprint density at radius 3 is 2.65 bits per heavy atom. The Kier molecular flexibility index (Phi) is 4.39. The van der Waals surface area contributed by atoms with Gasteiger partial charge in [0.2, 0.25) is 5.91 Å². The fourth-order valence-corrected chi connectivity index (χ4v) is 2.86. The normalized spacial score (nSPS) is 13.5. The number of hydrogen-bond acceptors (Lipinski definition) is 4. The van der Waals surface area contributed by atoms with Gasteiger partial charge in [-0.15, -0.1) is 0 Å². The molecule has 1 saturated carbocycles. The Labute approximate surface area is 150 Å². The summed E-state index contributed by atoms with van der Waals surface area (Å²) in [7, 11) is 0. The lowest BCUT2D eigenvalue weighted by molar-refractivity contribution is -0.122. The number of rotatable bonds is 6. The molecule has 1 aliphatic rings. The highest BCUT2D eigenvalue weighted by molar-refractivity contribution is 6.07. The molecule has 1 aromatic carbocycles. The molecule has 0 bridgehead atoms. The number of fused-ring (bicyclic) bond motifs is 1. The summed E-state index contributed by atoms with van der Waals surface area (Å²) in [5.41, 5.74) is 1.88. The molecule has 2 N–H and O–H groups in total. The van der Waals surface area contributed by atoms with Gasteiger partial charge in [-0.25, -0.2) is 4.98 Å². The van der Waals surface area contributed by atoms with E-state index in [4.69, 9.17) is 4.42 Å². The highest BCUT2D eigenvalue weighted by Gasteiger charge is 2.29.